The first-order valence-electron chi connectivity index (χ1n) is 6.84. The van der Waals surface area contributed by atoms with Crippen molar-refractivity contribution in [3.05, 3.63) is 66.6 Å². The van der Waals surface area contributed by atoms with Crippen LogP contribution < -0.4 is 0 Å². The standard InChI is InChI=1S/C16H12N2O4S2/c19-15(20)8-6-12-4-3-11-18(12)24(21,22)16-9-7-14(23-16)13-5-1-2-10-17-13/h1-11H,(H,19,20). The maximum Gasteiger partial charge on any atom is 0.328 e. The lowest BCUT2D eigenvalue weighted by atomic mass is 10.3. The molecule has 8 heteroatoms. The zero-order chi connectivity index (χ0) is 17.2. The Morgan fingerprint density at radius 3 is 2.71 bits per heavy atom. The summed E-state index contributed by atoms with van der Waals surface area (Å²) in [4.78, 5) is 15.6. The van der Waals surface area contributed by atoms with Gasteiger partial charge < -0.3 is 5.11 Å². The fourth-order valence-corrected chi connectivity index (χ4v) is 4.80. The molecule has 0 amide bonds. The summed E-state index contributed by atoms with van der Waals surface area (Å²) in [6.45, 7) is 0. The van der Waals surface area contributed by atoms with E-state index < -0.39 is 16.0 Å². The third-order valence-electron chi connectivity index (χ3n) is 3.15. The summed E-state index contributed by atoms with van der Waals surface area (Å²) in [6.07, 6.45) is 5.17. The average molecular weight is 360 g/mol. The van der Waals surface area contributed by atoms with Gasteiger partial charge in [0, 0.05) is 18.5 Å². The van der Waals surface area contributed by atoms with Gasteiger partial charge in [0.15, 0.2) is 0 Å². The molecule has 0 saturated carbocycles. The number of carbonyl (C=O) groups is 1. The van der Waals surface area contributed by atoms with Crippen LogP contribution in [0.2, 0.25) is 0 Å². The summed E-state index contributed by atoms with van der Waals surface area (Å²) in [5, 5.41) is 8.70. The Morgan fingerprint density at radius 1 is 1.17 bits per heavy atom. The number of carboxylic acid groups (broad SMARTS) is 1. The molecule has 0 aliphatic heterocycles. The highest BCUT2D eigenvalue weighted by atomic mass is 32.2. The topological polar surface area (TPSA) is 89.3 Å². The summed E-state index contributed by atoms with van der Waals surface area (Å²) in [5.41, 5.74) is 0.965. The Balaban J connectivity index is 2.00. The van der Waals surface area contributed by atoms with Crippen molar-refractivity contribution in [2.24, 2.45) is 0 Å². The van der Waals surface area contributed by atoms with Crippen molar-refractivity contribution in [1.29, 1.82) is 0 Å². The molecule has 0 fully saturated rings. The fraction of sp³-hybridized carbons (Fsp3) is 0. The number of pyridine rings is 1. The lowest BCUT2D eigenvalue weighted by Crippen LogP contribution is -2.11. The Bertz CT molecular complexity index is 1000. The van der Waals surface area contributed by atoms with Crippen LogP contribution in [0.25, 0.3) is 16.6 Å². The number of carboxylic acids is 1. The smallest absolute Gasteiger partial charge is 0.328 e. The van der Waals surface area contributed by atoms with Crippen LogP contribution in [0.3, 0.4) is 0 Å². The van der Waals surface area contributed by atoms with E-state index in [-0.39, 0.29) is 9.90 Å². The number of hydrogen-bond acceptors (Lipinski definition) is 5. The number of nitrogens with zero attached hydrogens (tertiary/aromatic N) is 2. The summed E-state index contributed by atoms with van der Waals surface area (Å²) in [7, 11) is -3.80. The molecule has 3 rings (SSSR count). The molecule has 0 atom stereocenters. The predicted octanol–water partition coefficient (Wildman–Crippen LogP) is 2.95. The van der Waals surface area contributed by atoms with Gasteiger partial charge in [0.2, 0.25) is 0 Å². The maximum atomic E-state index is 12.8. The minimum Gasteiger partial charge on any atom is -0.478 e. The van der Waals surface area contributed by atoms with E-state index in [1.54, 1.807) is 30.5 Å². The third-order valence-corrected chi connectivity index (χ3v) is 6.43. The fourth-order valence-electron chi connectivity index (χ4n) is 2.09. The van der Waals surface area contributed by atoms with Crippen LogP contribution in [-0.4, -0.2) is 28.5 Å². The molecular formula is C16H12N2O4S2. The molecule has 0 aromatic carbocycles. The van der Waals surface area contributed by atoms with Gasteiger partial charge in [0.25, 0.3) is 10.0 Å². The van der Waals surface area contributed by atoms with Crippen LogP contribution in [0.5, 0.6) is 0 Å². The SMILES string of the molecule is O=C(O)C=Cc1cccn1S(=O)(=O)c1ccc(-c2ccccn2)s1. The van der Waals surface area contributed by atoms with Gasteiger partial charge in [0.1, 0.15) is 4.21 Å². The Morgan fingerprint density at radius 2 is 2.00 bits per heavy atom. The molecule has 6 nitrogen and oxygen atoms in total. The van der Waals surface area contributed by atoms with Crippen molar-refractivity contribution < 1.29 is 18.3 Å². The molecule has 122 valence electrons. The van der Waals surface area contributed by atoms with E-state index >= 15 is 0 Å². The first-order chi connectivity index (χ1) is 11.5. The third kappa shape index (κ3) is 3.15. The predicted molar refractivity (Wildman–Crippen MR) is 91.2 cm³/mol. The summed E-state index contributed by atoms with van der Waals surface area (Å²) in [6, 6.07) is 11.7. The number of aromatic nitrogens is 2. The highest BCUT2D eigenvalue weighted by Gasteiger charge is 2.21. The van der Waals surface area contributed by atoms with Crippen molar-refractivity contribution in [3.63, 3.8) is 0 Å². The van der Waals surface area contributed by atoms with Gasteiger partial charge in [-0.1, -0.05) is 6.07 Å². The van der Waals surface area contributed by atoms with Crippen LogP contribution in [0.15, 0.2) is 65.1 Å². The van der Waals surface area contributed by atoms with Gasteiger partial charge >= 0.3 is 5.97 Å². The van der Waals surface area contributed by atoms with Gasteiger partial charge in [0.05, 0.1) is 16.3 Å². The molecule has 24 heavy (non-hydrogen) atoms. The Labute approximate surface area is 142 Å². The molecule has 1 N–H and O–H groups in total. The molecule has 0 unspecified atom stereocenters. The number of aliphatic carboxylic acids is 1. The van der Waals surface area contributed by atoms with Gasteiger partial charge in [-0.05, 0) is 42.5 Å². The van der Waals surface area contributed by atoms with Crippen LogP contribution in [0.1, 0.15) is 5.69 Å². The molecule has 0 aliphatic carbocycles. The Hall–Kier alpha value is -2.71. The minimum absolute atomic E-state index is 0.157. The van der Waals surface area contributed by atoms with Gasteiger partial charge in [-0.25, -0.2) is 8.77 Å². The maximum absolute atomic E-state index is 12.8. The number of rotatable bonds is 5. The highest BCUT2D eigenvalue weighted by molar-refractivity contribution is 7.92. The molecule has 0 radical (unpaired) electrons. The van der Waals surface area contributed by atoms with E-state index in [0.717, 1.165) is 26.3 Å². The molecule has 3 aromatic rings. The first-order valence-corrected chi connectivity index (χ1v) is 9.09. The number of hydrogen-bond donors (Lipinski definition) is 1. The van der Waals surface area contributed by atoms with Crippen LogP contribution in [0, 0.1) is 0 Å². The van der Waals surface area contributed by atoms with E-state index in [1.165, 1.54) is 24.4 Å². The van der Waals surface area contributed by atoms with E-state index in [9.17, 15) is 13.2 Å². The number of thiophene rings is 1. The minimum atomic E-state index is -3.80. The van der Waals surface area contributed by atoms with Gasteiger partial charge in [-0.3, -0.25) is 4.98 Å². The largest absolute Gasteiger partial charge is 0.478 e. The normalized spacial score (nSPS) is 11.8. The monoisotopic (exact) mass is 360 g/mol. The summed E-state index contributed by atoms with van der Waals surface area (Å²) in [5.74, 6) is -1.14. The zero-order valence-electron chi connectivity index (χ0n) is 12.2. The molecule has 0 aliphatic rings. The molecule has 0 saturated heterocycles. The molecule has 0 spiro atoms. The van der Waals surface area contributed by atoms with E-state index in [4.69, 9.17) is 5.11 Å². The zero-order valence-corrected chi connectivity index (χ0v) is 13.9. The van der Waals surface area contributed by atoms with Gasteiger partial charge in [-0.15, -0.1) is 11.3 Å². The van der Waals surface area contributed by atoms with Crippen molar-refractivity contribution in [2.45, 2.75) is 4.21 Å². The van der Waals surface area contributed by atoms with Crippen LogP contribution >= 0.6 is 11.3 Å². The Kier molecular flexibility index (Phi) is 4.32. The average Bonchev–Trinajstić information content (AvgIpc) is 3.23. The van der Waals surface area contributed by atoms with Crippen molar-refractivity contribution >= 4 is 33.4 Å². The second kappa shape index (κ2) is 6.42. The lowest BCUT2D eigenvalue weighted by molar-refractivity contribution is -0.131. The van der Waals surface area contributed by atoms with Crippen LogP contribution in [-0.2, 0) is 14.8 Å². The molecule has 3 heterocycles. The lowest BCUT2D eigenvalue weighted by Gasteiger charge is -2.06. The first kappa shape index (κ1) is 16.2. The van der Waals surface area contributed by atoms with Crippen molar-refractivity contribution in [1.82, 2.24) is 8.96 Å². The van der Waals surface area contributed by atoms with E-state index in [2.05, 4.69) is 4.98 Å². The molecule has 0 bridgehead atoms. The second-order valence-corrected chi connectivity index (χ2v) is 7.86. The summed E-state index contributed by atoms with van der Waals surface area (Å²) >= 11 is 1.11. The van der Waals surface area contributed by atoms with Crippen molar-refractivity contribution in [3.8, 4) is 10.6 Å². The van der Waals surface area contributed by atoms with E-state index in [1.807, 2.05) is 6.07 Å². The summed E-state index contributed by atoms with van der Waals surface area (Å²) < 4.78 is 26.8. The second-order valence-electron chi connectivity index (χ2n) is 4.74. The molecular weight excluding hydrogens is 348 g/mol. The van der Waals surface area contributed by atoms with Crippen LogP contribution in [0.4, 0.5) is 0 Å². The quantitative estimate of drug-likeness (QED) is 0.707. The highest BCUT2D eigenvalue weighted by Crippen LogP contribution is 2.31. The van der Waals surface area contributed by atoms with E-state index in [0.29, 0.717) is 5.69 Å². The van der Waals surface area contributed by atoms with Gasteiger partial charge in [-0.2, -0.15) is 8.42 Å². The van der Waals surface area contributed by atoms with Crippen molar-refractivity contribution in [2.75, 3.05) is 0 Å². The molecule has 3 aromatic heterocycles.